The fourth-order valence-corrected chi connectivity index (χ4v) is 4.40. The molecule has 12 nitrogen and oxygen atoms in total. The molecule has 1 aliphatic heterocycles. The Bertz CT molecular complexity index is 1690. The Labute approximate surface area is 297 Å². The van der Waals surface area contributed by atoms with Crippen molar-refractivity contribution in [1.82, 2.24) is 9.78 Å². The Morgan fingerprint density at radius 3 is 1.73 bits per heavy atom. The van der Waals surface area contributed by atoms with E-state index in [-0.39, 0.29) is 129 Å². The number of H-pyrrole nitrogens is 1. The van der Waals surface area contributed by atoms with Gasteiger partial charge in [0.15, 0.2) is 0 Å². The van der Waals surface area contributed by atoms with E-state index in [1.807, 2.05) is 0 Å². The molecule has 3 aromatic rings. The first-order valence-electron chi connectivity index (χ1n) is 9.86. The molecule has 2 aromatic carbocycles. The van der Waals surface area contributed by atoms with E-state index >= 15 is 0 Å². The van der Waals surface area contributed by atoms with Crippen LogP contribution in [0.25, 0.3) is 11.8 Å². The molecule has 3 N–H and O–H groups in total. The molecule has 4 rings (SSSR count). The van der Waals surface area contributed by atoms with Crippen molar-refractivity contribution < 1.29 is 30.7 Å². The number of benzene rings is 2. The molecule has 0 aliphatic carbocycles. The third-order valence-corrected chi connectivity index (χ3v) is 6.98. The molecule has 0 unspecified atom stereocenters. The van der Waals surface area contributed by atoms with Crippen LogP contribution in [0.2, 0.25) is 0 Å². The summed E-state index contributed by atoms with van der Waals surface area (Å²) >= 11 is 0. The van der Waals surface area contributed by atoms with Gasteiger partial charge in [-0.05, 0) is 68.5 Å². The van der Waals surface area contributed by atoms with Gasteiger partial charge in [0.2, 0.25) is 0 Å². The minimum Gasteiger partial charge on any atom is -0.295 e. The first-order valence-corrected chi connectivity index (χ1v) is 12.7. The molecule has 16 heteroatoms. The summed E-state index contributed by atoms with van der Waals surface area (Å²) in [5.41, 5.74) is 1.11. The summed E-state index contributed by atoms with van der Waals surface area (Å²) in [7, 11) is -8.78. The van der Waals surface area contributed by atoms with E-state index < -0.39 is 31.7 Å². The van der Waals surface area contributed by atoms with E-state index in [4.69, 9.17) is 9.11 Å². The van der Waals surface area contributed by atoms with Crippen molar-refractivity contribution in [3.05, 3.63) is 75.7 Å². The summed E-state index contributed by atoms with van der Waals surface area (Å²) in [6.45, 7) is 3.19. The van der Waals surface area contributed by atoms with Crippen LogP contribution in [-0.2, 0) is 25.0 Å². The van der Waals surface area contributed by atoms with Gasteiger partial charge < -0.3 is 0 Å². The van der Waals surface area contributed by atoms with Crippen molar-refractivity contribution in [3.63, 3.8) is 0 Å². The van der Waals surface area contributed by atoms with E-state index in [0.29, 0.717) is 17.1 Å². The minimum absolute atomic E-state index is 0. The molecule has 1 aliphatic rings. The molecule has 2 heterocycles. The third-order valence-electron chi connectivity index (χ3n) is 5.24. The average molecular weight is 597 g/mol. The standard InChI is InChI=1S/C21H18N4O8S2.2K/c1-12-18(20(26)24(22-12)14-3-7-16(8-4-14)34(28,29)30)11-19-13(2)23-25(21(19)27)15-5-9-17(10-6-15)35(31,32)33;;/h3-11,22H,1-2H3,(H,28,29,30)(H,31,32,33);;. The topological polar surface area (TPSA) is 179 Å². The number of aromatic amines is 1. The van der Waals surface area contributed by atoms with Gasteiger partial charge in [0, 0.05) is 108 Å². The van der Waals surface area contributed by atoms with Gasteiger partial charge in [-0.15, -0.1) is 0 Å². The largest absolute Gasteiger partial charge is 0.295 e. The number of rotatable bonds is 5. The van der Waals surface area contributed by atoms with Crippen molar-refractivity contribution >= 4 is 146 Å². The van der Waals surface area contributed by atoms with Crippen LogP contribution in [0.15, 0.2) is 73.8 Å². The Hall–Kier alpha value is -0.577. The van der Waals surface area contributed by atoms with Gasteiger partial charge in [0.1, 0.15) is 0 Å². The molecule has 0 spiro atoms. The summed E-state index contributed by atoms with van der Waals surface area (Å²) in [5.74, 6) is -0.550. The van der Waals surface area contributed by atoms with E-state index in [1.54, 1.807) is 13.8 Å². The van der Waals surface area contributed by atoms with Crippen LogP contribution in [0.1, 0.15) is 18.2 Å². The molecular weight excluding hydrogens is 579 g/mol. The normalized spacial score (nSPS) is 14.8. The first-order chi connectivity index (χ1) is 16.3. The summed E-state index contributed by atoms with van der Waals surface area (Å²) in [5, 5.41) is 8.09. The van der Waals surface area contributed by atoms with Crippen molar-refractivity contribution in [2.45, 2.75) is 23.6 Å². The maximum Gasteiger partial charge on any atom is 0.294 e. The van der Waals surface area contributed by atoms with Gasteiger partial charge in [-0.1, -0.05) is 0 Å². The predicted octanol–water partition coefficient (Wildman–Crippen LogP) is 1.01. The second kappa shape index (κ2) is 12.3. The summed E-state index contributed by atoms with van der Waals surface area (Å²) in [6.07, 6.45) is 1.38. The number of aromatic nitrogens is 2. The molecule has 1 aromatic heterocycles. The predicted molar refractivity (Wildman–Crippen MR) is 137 cm³/mol. The summed E-state index contributed by atoms with van der Waals surface area (Å²) in [4.78, 5) is 25.4. The molecule has 0 saturated heterocycles. The Morgan fingerprint density at radius 1 is 0.811 bits per heavy atom. The smallest absolute Gasteiger partial charge is 0.294 e. The van der Waals surface area contributed by atoms with Crippen LogP contribution in [0.5, 0.6) is 0 Å². The zero-order valence-electron chi connectivity index (χ0n) is 20.2. The second-order valence-electron chi connectivity index (χ2n) is 7.59. The molecule has 2 radical (unpaired) electrons. The van der Waals surface area contributed by atoms with Crippen molar-refractivity contribution in [2.24, 2.45) is 5.10 Å². The summed E-state index contributed by atoms with van der Waals surface area (Å²) < 4.78 is 64.3. The quantitative estimate of drug-likeness (QED) is 0.222. The monoisotopic (exact) mass is 596 g/mol. The molecule has 1 amide bonds. The van der Waals surface area contributed by atoms with Crippen molar-refractivity contribution in [1.29, 1.82) is 0 Å². The maximum absolute atomic E-state index is 13.0. The first kappa shape index (κ1) is 32.6. The van der Waals surface area contributed by atoms with Gasteiger partial charge >= 0.3 is 0 Å². The van der Waals surface area contributed by atoms with E-state index in [2.05, 4.69) is 10.2 Å². The van der Waals surface area contributed by atoms with Crippen LogP contribution >= 0.6 is 0 Å². The average Bonchev–Trinajstić information content (AvgIpc) is 3.23. The molecule has 0 saturated carbocycles. The molecule has 0 bridgehead atoms. The SMILES string of the molecule is CC1=NN(c2ccc(S(=O)(=O)O)cc2)C(=O)C1=Cc1c(C)[nH]n(-c2ccc(S(=O)(=O)O)cc2)c1=O.[K].[K]. The van der Waals surface area contributed by atoms with Gasteiger partial charge in [0.25, 0.3) is 31.7 Å². The number of hydrogen-bond acceptors (Lipinski definition) is 7. The van der Waals surface area contributed by atoms with Crippen LogP contribution in [-0.4, -0.2) is 150 Å². The van der Waals surface area contributed by atoms with Crippen LogP contribution in [0.4, 0.5) is 5.69 Å². The van der Waals surface area contributed by atoms with Crippen LogP contribution < -0.4 is 10.6 Å². The van der Waals surface area contributed by atoms with Crippen molar-refractivity contribution in [2.75, 3.05) is 5.01 Å². The maximum atomic E-state index is 13.0. The Balaban J connectivity index is 0.00000241. The molecule has 37 heavy (non-hydrogen) atoms. The third kappa shape index (κ3) is 6.96. The fourth-order valence-electron chi connectivity index (χ4n) is 3.44. The van der Waals surface area contributed by atoms with Gasteiger partial charge in [-0.3, -0.25) is 23.8 Å². The van der Waals surface area contributed by atoms with Crippen LogP contribution in [0, 0.1) is 6.92 Å². The molecule has 184 valence electrons. The number of aryl methyl sites for hydroxylation is 1. The Kier molecular flexibility index (Phi) is 10.8. The molecule has 0 fully saturated rings. The van der Waals surface area contributed by atoms with E-state index in [0.717, 1.165) is 34.0 Å². The number of carbonyl (C=O) groups is 1. The fraction of sp³-hybridized carbons (Fsp3) is 0.0952. The summed E-state index contributed by atoms with van der Waals surface area (Å²) in [6, 6.07) is 9.85. The number of carbonyl (C=O) groups excluding carboxylic acids is 1. The van der Waals surface area contributed by atoms with Gasteiger partial charge in [-0.2, -0.15) is 26.9 Å². The number of nitrogens with zero attached hydrogens (tertiary/aromatic N) is 3. The van der Waals surface area contributed by atoms with Gasteiger partial charge in [0.05, 0.1) is 38.0 Å². The van der Waals surface area contributed by atoms with E-state index in [1.165, 1.54) is 30.3 Å². The van der Waals surface area contributed by atoms with Gasteiger partial charge in [-0.25, -0.2) is 4.68 Å². The number of nitrogens with one attached hydrogen (secondary N) is 1. The zero-order valence-corrected chi connectivity index (χ0v) is 28.1. The molecular formula is C21H18K2N4O8S2. The zero-order chi connectivity index (χ0) is 25.7. The molecule has 0 atom stereocenters. The van der Waals surface area contributed by atoms with E-state index in [9.17, 15) is 26.4 Å². The van der Waals surface area contributed by atoms with Crippen LogP contribution in [0.3, 0.4) is 0 Å². The number of hydrazone groups is 1. The number of hydrogen-bond donors (Lipinski definition) is 3. The Morgan fingerprint density at radius 2 is 1.27 bits per heavy atom. The number of anilines is 1. The minimum atomic E-state index is -4.39. The van der Waals surface area contributed by atoms with Crippen molar-refractivity contribution in [3.8, 4) is 5.69 Å². The second-order valence-corrected chi connectivity index (χ2v) is 10.4. The number of amides is 1.